The van der Waals surface area contributed by atoms with Crippen LogP contribution in [0.25, 0.3) is 0 Å². The Kier molecular flexibility index (Phi) is 5.46. The second-order valence-corrected chi connectivity index (χ2v) is 8.38. The summed E-state index contributed by atoms with van der Waals surface area (Å²) in [4.78, 5) is 0.188. The Balaban J connectivity index is 1.63. The van der Waals surface area contributed by atoms with E-state index in [1.54, 1.807) is 48.5 Å². The minimum atomic E-state index is -3.78. The number of benzene rings is 2. The fourth-order valence-corrected chi connectivity index (χ4v) is 4.46. The Morgan fingerprint density at radius 1 is 1.00 bits per heavy atom. The van der Waals surface area contributed by atoms with Gasteiger partial charge in [-0.1, -0.05) is 6.07 Å². The summed E-state index contributed by atoms with van der Waals surface area (Å²) in [6, 6.07) is 15.3. The van der Waals surface area contributed by atoms with Gasteiger partial charge in [-0.25, -0.2) is 8.42 Å². The van der Waals surface area contributed by atoms with E-state index in [4.69, 9.17) is 18.6 Å². The van der Waals surface area contributed by atoms with E-state index in [0.717, 1.165) is 5.56 Å². The van der Waals surface area contributed by atoms with E-state index in [2.05, 4.69) is 0 Å². The van der Waals surface area contributed by atoms with Crippen molar-refractivity contribution in [2.75, 3.05) is 13.4 Å². The van der Waals surface area contributed by atoms with Crippen LogP contribution in [-0.4, -0.2) is 26.1 Å². The molecule has 0 atom stereocenters. The average molecular weight is 415 g/mol. The number of hydrogen-bond acceptors (Lipinski definition) is 6. The van der Waals surface area contributed by atoms with Crippen LogP contribution in [0.4, 0.5) is 0 Å². The Bertz CT molecular complexity index is 1060. The predicted molar refractivity (Wildman–Crippen MR) is 105 cm³/mol. The van der Waals surface area contributed by atoms with Crippen LogP contribution in [0.1, 0.15) is 18.2 Å². The van der Waals surface area contributed by atoms with Crippen molar-refractivity contribution >= 4 is 10.0 Å². The monoisotopic (exact) mass is 415 g/mol. The largest absolute Gasteiger partial charge is 0.494 e. The number of sulfonamides is 1. The molecule has 0 saturated carbocycles. The van der Waals surface area contributed by atoms with E-state index >= 15 is 0 Å². The molecule has 4 rings (SSSR count). The molecular weight excluding hydrogens is 394 g/mol. The zero-order valence-electron chi connectivity index (χ0n) is 15.9. The van der Waals surface area contributed by atoms with Crippen LogP contribution in [0.3, 0.4) is 0 Å². The quantitative estimate of drug-likeness (QED) is 0.557. The highest BCUT2D eigenvalue weighted by Crippen LogP contribution is 2.33. The fourth-order valence-electron chi connectivity index (χ4n) is 3.07. The van der Waals surface area contributed by atoms with Crippen LogP contribution in [-0.2, 0) is 23.1 Å². The first-order valence-corrected chi connectivity index (χ1v) is 10.6. The molecule has 0 unspecified atom stereocenters. The van der Waals surface area contributed by atoms with E-state index in [-0.39, 0.29) is 24.8 Å². The molecule has 0 amide bonds. The smallest absolute Gasteiger partial charge is 0.243 e. The molecular formula is C21H21NO6S. The summed E-state index contributed by atoms with van der Waals surface area (Å²) in [5.41, 5.74) is 0.787. The lowest BCUT2D eigenvalue weighted by molar-refractivity contribution is 0.174. The number of rotatable bonds is 8. The van der Waals surface area contributed by atoms with Crippen molar-refractivity contribution in [3.8, 4) is 17.2 Å². The molecule has 1 aliphatic rings. The van der Waals surface area contributed by atoms with Crippen LogP contribution in [0, 0.1) is 0 Å². The topological polar surface area (TPSA) is 78.2 Å². The van der Waals surface area contributed by atoms with Gasteiger partial charge >= 0.3 is 0 Å². The second-order valence-electron chi connectivity index (χ2n) is 6.44. The minimum absolute atomic E-state index is 0.108. The summed E-state index contributed by atoms with van der Waals surface area (Å²) < 4.78 is 49.6. The first-order valence-electron chi connectivity index (χ1n) is 9.20. The number of hydrogen-bond donors (Lipinski definition) is 0. The van der Waals surface area contributed by atoms with Crippen molar-refractivity contribution in [3.63, 3.8) is 0 Å². The summed E-state index contributed by atoms with van der Waals surface area (Å²) in [6.45, 7) is 2.82. The molecule has 3 aromatic rings. The van der Waals surface area contributed by atoms with Gasteiger partial charge in [0.25, 0.3) is 0 Å². The Morgan fingerprint density at radius 3 is 2.52 bits per heavy atom. The third-order valence-electron chi connectivity index (χ3n) is 4.48. The van der Waals surface area contributed by atoms with Gasteiger partial charge in [0.1, 0.15) is 11.5 Å². The summed E-state index contributed by atoms with van der Waals surface area (Å²) in [5.74, 6) is 2.44. The summed E-state index contributed by atoms with van der Waals surface area (Å²) in [6.07, 6.45) is 1.53. The van der Waals surface area contributed by atoms with Gasteiger partial charge in [0.15, 0.2) is 11.5 Å². The molecule has 29 heavy (non-hydrogen) atoms. The SMILES string of the molecule is CCOc1ccc(S(=O)(=O)N(Cc2ccc3c(c2)OCO3)Cc2ccco2)cc1. The van der Waals surface area contributed by atoms with Gasteiger partial charge in [0.2, 0.25) is 16.8 Å². The van der Waals surface area contributed by atoms with Gasteiger partial charge in [-0.3, -0.25) is 0 Å². The van der Waals surface area contributed by atoms with Crippen molar-refractivity contribution in [1.29, 1.82) is 0 Å². The highest BCUT2D eigenvalue weighted by molar-refractivity contribution is 7.89. The molecule has 1 aromatic heterocycles. The van der Waals surface area contributed by atoms with Crippen LogP contribution in [0.2, 0.25) is 0 Å². The van der Waals surface area contributed by atoms with Gasteiger partial charge in [0, 0.05) is 6.54 Å². The third-order valence-corrected chi connectivity index (χ3v) is 6.29. The molecule has 0 saturated heterocycles. The normalized spacial score (nSPS) is 13.0. The lowest BCUT2D eigenvalue weighted by Crippen LogP contribution is -2.30. The summed E-state index contributed by atoms with van der Waals surface area (Å²) in [7, 11) is -3.78. The molecule has 2 aromatic carbocycles. The molecule has 8 heteroatoms. The predicted octanol–water partition coefficient (Wildman–Crippen LogP) is 3.80. The first-order chi connectivity index (χ1) is 14.1. The van der Waals surface area contributed by atoms with Gasteiger partial charge < -0.3 is 18.6 Å². The lowest BCUT2D eigenvalue weighted by atomic mass is 10.2. The number of fused-ring (bicyclic) bond motifs is 1. The fraction of sp³-hybridized carbons (Fsp3) is 0.238. The maximum atomic E-state index is 13.4. The maximum Gasteiger partial charge on any atom is 0.243 e. The molecule has 2 heterocycles. The lowest BCUT2D eigenvalue weighted by Gasteiger charge is -2.22. The van der Waals surface area contributed by atoms with E-state index in [1.165, 1.54) is 10.6 Å². The standard InChI is InChI=1S/C21H21NO6S/c1-2-25-17-6-8-19(9-7-17)29(23,24)22(14-18-4-3-11-26-18)13-16-5-10-20-21(12-16)28-15-27-20/h3-12H,2,13-15H2,1H3. The molecule has 7 nitrogen and oxygen atoms in total. The number of nitrogens with zero attached hydrogens (tertiary/aromatic N) is 1. The van der Waals surface area contributed by atoms with E-state index in [0.29, 0.717) is 29.6 Å². The average Bonchev–Trinajstić information content (AvgIpc) is 3.39. The van der Waals surface area contributed by atoms with Crippen molar-refractivity contribution in [1.82, 2.24) is 4.31 Å². The van der Waals surface area contributed by atoms with E-state index in [1.807, 2.05) is 13.0 Å². The summed E-state index contributed by atoms with van der Waals surface area (Å²) in [5, 5.41) is 0. The molecule has 152 valence electrons. The second kappa shape index (κ2) is 8.18. The number of ether oxygens (including phenoxy) is 3. The highest BCUT2D eigenvalue weighted by Gasteiger charge is 2.26. The first kappa shape index (κ1) is 19.4. The van der Waals surface area contributed by atoms with Gasteiger partial charge in [-0.15, -0.1) is 0 Å². The number of furan rings is 1. The molecule has 0 radical (unpaired) electrons. The van der Waals surface area contributed by atoms with E-state index < -0.39 is 10.0 Å². The van der Waals surface area contributed by atoms with Crippen molar-refractivity contribution in [2.45, 2.75) is 24.9 Å². The van der Waals surface area contributed by atoms with Crippen LogP contribution in [0.15, 0.2) is 70.2 Å². The van der Waals surface area contributed by atoms with Gasteiger partial charge in [-0.05, 0) is 61.0 Å². The Labute approximate surface area is 169 Å². The summed E-state index contributed by atoms with van der Waals surface area (Å²) >= 11 is 0. The van der Waals surface area contributed by atoms with Crippen molar-refractivity contribution in [2.24, 2.45) is 0 Å². The molecule has 0 bridgehead atoms. The Morgan fingerprint density at radius 2 is 1.79 bits per heavy atom. The van der Waals surface area contributed by atoms with Crippen molar-refractivity contribution in [3.05, 3.63) is 72.2 Å². The minimum Gasteiger partial charge on any atom is -0.494 e. The molecule has 0 fully saturated rings. The molecule has 0 spiro atoms. The maximum absolute atomic E-state index is 13.4. The van der Waals surface area contributed by atoms with Crippen LogP contribution >= 0.6 is 0 Å². The Hall–Kier alpha value is -2.97. The van der Waals surface area contributed by atoms with Crippen molar-refractivity contribution < 1.29 is 27.0 Å². The zero-order valence-corrected chi connectivity index (χ0v) is 16.7. The van der Waals surface area contributed by atoms with Crippen LogP contribution < -0.4 is 14.2 Å². The zero-order chi connectivity index (χ0) is 20.3. The van der Waals surface area contributed by atoms with Gasteiger partial charge in [0.05, 0.1) is 24.3 Å². The van der Waals surface area contributed by atoms with Gasteiger partial charge in [-0.2, -0.15) is 4.31 Å². The molecule has 1 aliphatic heterocycles. The van der Waals surface area contributed by atoms with E-state index in [9.17, 15) is 8.42 Å². The third kappa shape index (κ3) is 4.23. The van der Waals surface area contributed by atoms with Crippen LogP contribution in [0.5, 0.6) is 17.2 Å². The molecule has 0 N–H and O–H groups in total. The molecule has 0 aliphatic carbocycles. The highest BCUT2D eigenvalue weighted by atomic mass is 32.2.